The first-order chi connectivity index (χ1) is 9.13. The monoisotopic (exact) mass is 297 g/mol. The Morgan fingerprint density at radius 2 is 2.16 bits per heavy atom. The molecule has 2 rings (SSSR count). The van der Waals surface area contributed by atoms with Crippen LogP contribution < -0.4 is 5.32 Å². The molecule has 1 aromatic carbocycles. The Bertz CT molecular complexity index is 525. The van der Waals surface area contributed by atoms with Crippen molar-refractivity contribution in [3.05, 3.63) is 52.0 Å². The number of rotatable bonds is 5. The van der Waals surface area contributed by atoms with Crippen LogP contribution in [0, 0.1) is 0 Å². The first-order valence-electron chi connectivity index (χ1n) is 6.32. The normalized spacial score (nSPS) is 14.3. The Hall–Kier alpha value is -1.03. The lowest BCUT2D eigenvalue weighted by Gasteiger charge is -2.22. The van der Waals surface area contributed by atoms with Crippen LogP contribution in [0.2, 0.25) is 10.0 Å². The van der Waals surface area contributed by atoms with Crippen molar-refractivity contribution in [1.29, 1.82) is 0 Å². The first kappa shape index (κ1) is 14.4. The summed E-state index contributed by atoms with van der Waals surface area (Å²) in [6.45, 7) is 4.19. The maximum absolute atomic E-state index is 6.24. The second kappa shape index (κ2) is 6.42. The molecule has 0 radical (unpaired) electrons. The largest absolute Gasteiger partial charge is 0.347 e. The summed E-state index contributed by atoms with van der Waals surface area (Å²) < 4.78 is 0. The predicted octanol–water partition coefficient (Wildman–Crippen LogP) is 4.52. The maximum Gasteiger partial charge on any atom is 0.123 e. The summed E-state index contributed by atoms with van der Waals surface area (Å²) in [4.78, 5) is 7.44. The average molecular weight is 298 g/mol. The van der Waals surface area contributed by atoms with E-state index in [0.717, 1.165) is 17.8 Å². The molecular formula is C14H17Cl2N3. The Kier molecular flexibility index (Phi) is 4.86. The molecule has 2 atom stereocenters. The highest BCUT2D eigenvalue weighted by Crippen LogP contribution is 2.31. The van der Waals surface area contributed by atoms with Crippen LogP contribution in [-0.4, -0.2) is 9.97 Å². The lowest BCUT2D eigenvalue weighted by molar-refractivity contribution is 0.441. The minimum atomic E-state index is 0.0984. The van der Waals surface area contributed by atoms with Crippen LogP contribution in [0.4, 0.5) is 0 Å². The number of halogens is 2. The van der Waals surface area contributed by atoms with Crippen LogP contribution in [0.3, 0.4) is 0 Å². The molecule has 0 bridgehead atoms. The average Bonchev–Trinajstić information content (AvgIpc) is 2.92. The summed E-state index contributed by atoms with van der Waals surface area (Å²) in [7, 11) is 0. The van der Waals surface area contributed by atoms with Gasteiger partial charge in [0.1, 0.15) is 5.82 Å². The van der Waals surface area contributed by atoms with Crippen molar-refractivity contribution in [3.8, 4) is 0 Å². The minimum absolute atomic E-state index is 0.0984. The zero-order chi connectivity index (χ0) is 13.8. The maximum atomic E-state index is 6.24. The van der Waals surface area contributed by atoms with Gasteiger partial charge in [-0.05, 0) is 25.0 Å². The van der Waals surface area contributed by atoms with Gasteiger partial charge in [-0.15, -0.1) is 0 Å². The highest BCUT2D eigenvalue weighted by atomic mass is 35.5. The van der Waals surface area contributed by atoms with E-state index in [9.17, 15) is 0 Å². The van der Waals surface area contributed by atoms with Gasteiger partial charge in [-0.2, -0.15) is 0 Å². The van der Waals surface area contributed by atoms with E-state index in [0.29, 0.717) is 10.0 Å². The Morgan fingerprint density at radius 1 is 1.37 bits per heavy atom. The second-order valence-corrected chi connectivity index (χ2v) is 5.25. The summed E-state index contributed by atoms with van der Waals surface area (Å²) in [5, 5.41) is 4.71. The molecule has 0 amide bonds. The standard InChI is InChI=1S/C14H17Cl2N3/c1-3-12(14-17-7-8-18-14)19-9(2)10-5-4-6-11(15)13(10)16/h4-9,12,19H,3H2,1-2H3,(H,17,18). The Labute approximate surface area is 123 Å². The van der Waals surface area contributed by atoms with E-state index < -0.39 is 0 Å². The number of benzene rings is 1. The molecule has 102 valence electrons. The number of H-pyrrole nitrogens is 1. The van der Waals surface area contributed by atoms with E-state index in [1.807, 2.05) is 18.3 Å². The van der Waals surface area contributed by atoms with Crippen molar-refractivity contribution in [2.75, 3.05) is 0 Å². The molecule has 0 saturated carbocycles. The summed E-state index contributed by atoms with van der Waals surface area (Å²) in [6, 6.07) is 5.96. The van der Waals surface area contributed by atoms with E-state index in [1.165, 1.54) is 0 Å². The van der Waals surface area contributed by atoms with Crippen LogP contribution in [0.1, 0.15) is 43.7 Å². The zero-order valence-electron chi connectivity index (χ0n) is 11.0. The molecule has 2 aromatic rings. The van der Waals surface area contributed by atoms with Crippen LogP contribution in [-0.2, 0) is 0 Å². The van der Waals surface area contributed by atoms with Gasteiger partial charge in [0, 0.05) is 18.4 Å². The van der Waals surface area contributed by atoms with Gasteiger partial charge in [0.05, 0.1) is 16.1 Å². The molecule has 0 aliphatic carbocycles. The lowest BCUT2D eigenvalue weighted by atomic mass is 10.1. The third-order valence-corrected chi connectivity index (χ3v) is 3.99. The number of hydrogen-bond acceptors (Lipinski definition) is 2. The highest BCUT2D eigenvalue weighted by Gasteiger charge is 2.18. The number of imidazole rings is 1. The molecule has 0 fully saturated rings. The number of nitrogens with zero attached hydrogens (tertiary/aromatic N) is 1. The topological polar surface area (TPSA) is 40.7 Å². The second-order valence-electron chi connectivity index (χ2n) is 4.47. The smallest absolute Gasteiger partial charge is 0.123 e. The van der Waals surface area contributed by atoms with Crippen molar-refractivity contribution >= 4 is 23.2 Å². The molecule has 2 N–H and O–H groups in total. The quantitative estimate of drug-likeness (QED) is 0.852. The van der Waals surface area contributed by atoms with Gasteiger partial charge < -0.3 is 10.3 Å². The van der Waals surface area contributed by atoms with Crippen molar-refractivity contribution in [1.82, 2.24) is 15.3 Å². The van der Waals surface area contributed by atoms with Crippen LogP contribution in [0.5, 0.6) is 0 Å². The van der Waals surface area contributed by atoms with E-state index in [2.05, 4.69) is 29.1 Å². The van der Waals surface area contributed by atoms with E-state index in [1.54, 1.807) is 12.3 Å². The first-order valence-corrected chi connectivity index (χ1v) is 7.08. The third-order valence-electron chi connectivity index (χ3n) is 3.16. The molecule has 3 nitrogen and oxygen atoms in total. The highest BCUT2D eigenvalue weighted by molar-refractivity contribution is 6.42. The van der Waals surface area contributed by atoms with Crippen LogP contribution in [0.15, 0.2) is 30.6 Å². The van der Waals surface area contributed by atoms with Crippen LogP contribution >= 0.6 is 23.2 Å². The molecule has 19 heavy (non-hydrogen) atoms. The van der Waals surface area contributed by atoms with E-state index in [-0.39, 0.29) is 12.1 Å². The van der Waals surface area contributed by atoms with Gasteiger partial charge in [-0.1, -0.05) is 42.3 Å². The fourth-order valence-electron chi connectivity index (χ4n) is 2.10. The van der Waals surface area contributed by atoms with Crippen LogP contribution in [0.25, 0.3) is 0 Å². The number of aromatic amines is 1. The SMILES string of the molecule is CCC(NC(C)c1cccc(Cl)c1Cl)c1ncc[nH]1. The number of aromatic nitrogens is 2. The molecule has 1 heterocycles. The molecule has 0 aliphatic rings. The van der Waals surface area contributed by atoms with Crippen molar-refractivity contribution in [3.63, 3.8) is 0 Å². The lowest BCUT2D eigenvalue weighted by Crippen LogP contribution is -2.25. The molecule has 1 aromatic heterocycles. The molecule has 0 saturated heterocycles. The number of hydrogen-bond donors (Lipinski definition) is 2. The van der Waals surface area contributed by atoms with Gasteiger partial charge in [-0.25, -0.2) is 4.98 Å². The Balaban J connectivity index is 2.16. The molecule has 5 heteroatoms. The molecule has 0 aliphatic heterocycles. The van der Waals surface area contributed by atoms with Crippen molar-refractivity contribution < 1.29 is 0 Å². The third kappa shape index (κ3) is 3.30. The fourth-order valence-corrected chi connectivity index (χ4v) is 2.58. The molecule has 0 spiro atoms. The zero-order valence-corrected chi connectivity index (χ0v) is 12.5. The summed E-state index contributed by atoms with van der Waals surface area (Å²) in [5.41, 5.74) is 0.999. The number of nitrogens with one attached hydrogen (secondary N) is 2. The Morgan fingerprint density at radius 3 is 2.79 bits per heavy atom. The predicted molar refractivity (Wildman–Crippen MR) is 79.6 cm³/mol. The molecular weight excluding hydrogens is 281 g/mol. The summed E-state index contributed by atoms with van der Waals surface area (Å²) >= 11 is 12.3. The van der Waals surface area contributed by atoms with Gasteiger partial charge in [0.25, 0.3) is 0 Å². The van der Waals surface area contributed by atoms with E-state index >= 15 is 0 Å². The minimum Gasteiger partial charge on any atom is -0.347 e. The van der Waals surface area contributed by atoms with Gasteiger partial charge in [-0.3, -0.25) is 0 Å². The molecule has 2 unspecified atom stereocenters. The van der Waals surface area contributed by atoms with Crippen molar-refractivity contribution in [2.24, 2.45) is 0 Å². The van der Waals surface area contributed by atoms with Crippen molar-refractivity contribution in [2.45, 2.75) is 32.4 Å². The van der Waals surface area contributed by atoms with Gasteiger partial charge >= 0.3 is 0 Å². The van der Waals surface area contributed by atoms with E-state index in [4.69, 9.17) is 23.2 Å². The van der Waals surface area contributed by atoms with Gasteiger partial charge in [0.2, 0.25) is 0 Å². The van der Waals surface area contributed by atoms with Gasteiger partial charge in [0.15, 0.2) is 0 Å². The summed E-state index contributed by atoms with van der Waals surface area (Å²) in [6.07, 6.45) is 4.53. The fraction of sp³-hybridized carbons (Fsp3) is 0.357. The summed E-state index contributed by atoms with van der Waals surface area (Å²) in [5.74, 6) is 0.938.